The van der Waals surface area contributed by atoms with Gasteiger partial charge in [-0.25, -0.2) is 0 Å². The molecule has 1 heterocycles. The van der Waals surface area contributed by atoms with E-state index in [9.17, 15) is 0 Å². The number of rotatable bonds is 6. The predicted octanol–water partition coefficient (Wildman–Crippen LogP) is 8.61. The van der Waals surface area contributed by atoms with Crippen molar-refractivity contribution in [3.63, 3.8) is 0 Å². The second-order valence-corrected chi connectivity index (χ2v) is 11.2. The van der Waals surface area contributed by atoms with Crippen molar-refractivity contribution in [3.8, 4) is 11.5 Å². The highest BCUT2D eigenvalue weighted by Gasteiger charge is 2.37. The first kappa shape index (κ1) is 28.1. The van der Waals surface area contributed by atoms with E-state index in [-0.39, 0.29) is 11.5 Å². The number of halogens is 1. The number of benzene rings is 2. The quantitative estimate of drug-likeness (QED) is 0.388. The van der Waals surface area contributed by atoms with E-state index < -0.39 is 0 Å². The Hall–Kier alpha value is -2.43. The van der Waals surface area contributed by atoms with Crippen molar-refractivity contribution in [1.82, 2.24) is 4.90 Å². The fraction of sp³-hybridized carbons (Fsp3) is 0.484. The molecule has 0 spiro atoms. The van der Waals surface area contributed by atoms with Gasteiger partial charge >= 0.3 is 0 Å². The van der Waals surface area contributed by atoms with Crippen molar-refractivity contribution in [2.24, 2.45) is 5.41 Å². The minimum absolute atomic E-state index is 0.0532. The molecule has 5 heteroatoms. The molecule has 1 unspecified atom stereocenters. The number of ether oxygens (including phenoxy) is 2. The lowest BCUT2D eigenvalue weighted by Gasteiger charge is -2.39. The van der Waals surface area contributed by atoms with Gasteiger partial charge in [-0.2, -0.15) is 0 Å². The zero-order valence-corrected chi connectivity index (χ0v) is 24.5. The Balaban J connectivity index is 2.47. The average Bonchev–Trinajstić information content (AvgIpc) is 2.95. The highest BCUT2D eigenvalue weighted by atomic mass is 35.5. The van der Waals surface area contributed by atoms with Crippen molar-refractivity contribution < 1.29 is 9.47 Å². The van der Waals surface area contributed by atoms with E-state index in [1.165, 1.54) is 28.2 Å². The normalized spacial score (nSPS) is 18.9. The molecule has 0 saturated carbocycles. The van der Waals surface area contributed by atoms with Gasteiger partial charge in [-0.05, 0) is 63.6 Å². The van der Waals surface area contributed by atoms with E-state index in [0.717, 1.165) is 47.0 Å². The monoisotopic (exact) mass is 510 g/mol. The van der Waals surface area contributed by atoms with E-state index >= 15 is 0 Å². The summed E-state index contributed by atoms with van der Waals surface area (Å²) < 4.78 is 11.6. The van der Waals surface area contributed by atoms with E-state index in [0.29, 0.717) is 0 Å². The molecule has 0 N–H and O–H groups in total. The molecule has 0 amide bonds. The molecular formula is C31H43ClN2O2. The fourth-order valence-electron chi connectivity index (χ4n) is 5.38. The lowest BCUT2D eigenvalue weighted by molar-refractivity contribution is 0.290. The lowest BCUT2D eigenvalue weighted by atomic mass is 9.85. The summed E-state index contributed by atoms with van der Waals surface area (Å²) in [6.07, 6.45) is 1.98. The van der Waals surface area contributed by atoms with E-state index in [1.807, 2.05) is 18.2 Å². The Bertz CT molecular complexity index is 1160. The summed E-state index contributed by atoms with van der Waals surface area (Å²) in [6.45, 7) is 16.7. The third-order valence-electron chi connectivity index (χ3n) is 7.25. The number of allylic oxidation sites excluding steroid dienone is 3. The summed E-state index contributed by atoms with van der Waals surface area (Å²) in [5.41, 5.74) is 8.78. The first-order chi connectivity index (χ1) is 17.0. The van der Waals surface area contributed by atoms with Gasteiger partial charge in [-0.15, -0.1) is 0 Å². The first-order valence-corrected chi connectivity index (χ1v) is 13.3. The minimum Gasteiger partial charge on any atom is -0.493 e. The van der Waals surface area contributed by atoms with Gasteiger partial charge in [0, 0.05) is 33.9 Å². The van der Waals surface area contributed by atoms with Crippen molar-refractivity contribution >= 4 is 17.3 Å². The van der Waals surface area contributed by atoms with Crippen molar-refractivity contribution in [1.29, 1.82) is 0 Å². The summed E-state index contributed by atoms with van der Waals surface area (Å²) in [7, 11) is 5.58. The number of likely N-dealkylation sites (N-methyl/N-ethyl adjacent to an activating group) is 1. The molecule has 0 aliphatic carbocycles. The Morgan fingerprint density at radius 3 is 2.25 bits per heavy atom. The summed E-state index contributed by atoms with van der Waals surface area (Å²) in [4.78, 5) is 4.94. The Kier molecular flexibility index (Phi) is 8.84. The maximum atomic E-state index is 6.68. The van der Waals surface area contributed by atoms with Crippen LogP contribution in [0.25, 0.3) is 0 Å². The molecule has 2 aromatic rings. The van der Waals surface area contributed by atoms with Crippen LogP contribution in [0.1, 0.15) is 78.5 Å². The third-order valence-corrected chi connectivity index (χ3v) is 7.49. The summed E-state index contributed by atoms with van der Waals surface area (Å²) in [6, 6.07) is 12.4. The van der Waals surface area contributed by atoms with E-state index in [4.69, 9.17) is 21.1 Å². The molecule has 2 aromatic carbocycles. The van der Waals surface area contributed by atoms with Crippen molar-refractivity contribution in [3.05, 3.63) is 75.1 Å². The standard InChI is InChI=1S/C31H43ClN2O2/c1-11-20(3)26-19-33(8)28(23-14-13-15-27(35-9)29(23)36-10)24-18-22(32)16-17-25(24)34(26)30(21(4)12-2)31(5,6)7/h13-18,28H,11-12,19H2,1-10H3/b26-20?,30-21+. The molecule has 3 rings (SSSR count). The summed E-state index contributed by atoms with van der Waals surface area (Å²) in [5, 5.41) is 0.724. The maximum absolute atomic E-state index is 6.68. The molecule has 0 aromatic heterocycles. The van der Waals surface area contributed by atoms with Crippen LogP contribution in [0, 0.1) is 5.41 Å². The SMILES string of the molecule is CCC(C)=C1CN(C)C(c2cccc(OC)c2OC)c2cc(Cl)ccc2N1/C(=C(\C)CC)C(C)(C)C. The molecule has 0 bridgehead atoms. The summed E-state index contributed by atoms with van der Waals surface area (Å²) in [5.74, 6) is 1.48. The largest absolute Gasteiger partial charge is 0.493 e. The van der Waals surface area contributed by atoms with E-state index in [2.05, 4.69) is 83.5 Å². The van der Waals surface area contributed by atoms with Crippen LogP contribution >= 0.6 is 11.6 Å². The molecule has 196 valence electrons. The van der Waals surface area contributed by atoms with Crippen LogP contribution in [-0.2, 0) is 0 Å². The summed E-state index contributed by atoms with van der Waals surface area (Å²) >= 11 is 6.68. The molecule has 4 nitrogen and oxygen atoms in total. The number of fused-ring (bicyclic) bond motifs is 1. The van der Waals surface area contributed by atoms with Crippen molar-refractivity contribution in [2.45, 2.75) is 67.3 Å². The molecule has 1 atom stereocenters. The van der Waals surface area contributed by atoms with Crippen LogP contribution in [0.15, 0.2) is 58.9 Å². The number of nitrogens with zero attached hydrogens (tertiary/aromatic N) is 2. The number of hydrogen-bond donors (Lipinski definition) is 0. The van der Waals surface area contributed by atoms with Crippen LogP contribution < -0.4 is 14.4 Å². The van der Waals surface area contributed by atoms with Gasteiger partial charge in [-0.1, -0.05) is 69.5 Å². The predicted molar refractivity (Wildman–Crippen MR) is 153 cm³/mol. The van der Waals surface area contributed by atoms with Gasteiger partial charge in [0.2, 0.25) is 0 Å². The van der Waals surface area contributed by atoms with Crippen molar-refractivity contribution in [2.75, 3.05) is 32.7 Å². The van der Waals surface area contributed by atoms with Gasteiger partial charge in [0.25, 0.3) is 0 Å². The van der Waals surface area contributed by atoms with Crippen LogP contribution in [0.2, 0.25) is 5.02 Å². The van der Waals surface area contributed by atoms with Crippen LogP contribution in [0.3, 0.4) is 0 Å². The Morgan fingerprint density at radius 1 is 1.00 bits per heavy atom. The molecule has 1 aliphatic rings. The number of hydrogen-bond acceptors (Lipinski definition) is 4. The van der Waals surface area contributed by atoms with Gasteiger partial charge in [0.05, 0.1) is 25.9 Å². The van der Waals surface area contributed by atoms with Gasteiger partial charge in [0.1, 0.15) is 0 Å². The lowest BCUT2D eigenvalue weighted by Crippen LogP contribution is -2.35. The number of methoxy groups -OCH3 is 2. The molecule has 0 radical (unpaired) electrons. The zero-order valence-electron chi connectivity index (χ0n) is 23.8. The maximum Gasteiger partial charge on any atom is 0.165 e. The Labute approximate surface area is 223 Å². The third kappa shape index (κ3) is 5.31. The second kappa shape index (κ2) is 11.3. The average molecular weight is 511 g/mol. The fourth-order valence-corrected chi connectivity index (χ4v) is 5.56. The molecular weight excluding hydrogens is 468 g/mol. The minimum atomic E-state index is -0.0726. The van der Waals surface area contributed by atoms with Crippen LogP contribution in [-0.4, -0.2) is 32.7 Å². The second-order valence-electron chi connectivity index (χ2n) is 10.8. The number of anilines is 1. The van der Waals surface area contributed by atoms with E-state index in [1.54, 1.807) is 14.2 Å². The molecule has 36 heavy (non-hydrogen) atoms. The topological polar surface area (TPSA) is 24.9 Å². The highest BCUT2D eigenvalue weighted by Crippen LogP contribution is 2.49. The van der Waals surface area contributed by atoms with Gasteiger partial charge < -0.3 is 14.4 Å². The molecule has 0 saturated heterocycles. The number of para-hydroxylation sites is 1. The molecule has 1 aliphatic heterocycles. The van der Waals surface area contributed by atoms with Crippen LogP contribution in [0.4, 0.5) is 5.69 Å². The Morgan fingerprint density at radius 2 is 1.69 bits per heavy atom. The first-order valence-electron chi connectivity index (χ1n) is 12.9. The molecule has 0 fully saturated rings. The van der Waals surface area contributed by atoms with Gasteiger partial charge in [-0.3, -0.25) is 4.90 Å². The zero-order chi connectivity index (χ0) is 26.8. The van der Waals surface area contributed by atoms with Gasteiger partial charge in [0.15, 0.2) is 11.5 Å². The smallest absolute Gasteiger partial charge is 0.165 e. The van der Waals surface area contributed by atoms with Crippen LogP contribution in [0.5, 0.6) is 11.5 Å². The highest BCUT2D eigenvalue weighted by molar-refractivity contribution is 6.30.